The summed E-state index contributed by atoms with van der Waals surface area (Å²) < 4.78 is 4.97. The summed E-state index contributed by atoms with van der Waals surface area (Å²) in [4.78, 5) is 24.1. The highest BCUT2D eigenvalue weighted by atomic mass is 16.5. The fourth-order valence-corrected chi connectivity index (χ4v) is 2.07. The van der Waals surface area contributed by atoms with Crippen LogP contribution in [0, 0.1) is 13.8 Å². The molecule has 0 aliphatic carbocycles. The van der Waals surface area contributed by atoms with E-state index in [1.54, 1.807) is 0 Å². The molecule has 0 bridgehead atoms. The van der Waals surface area contributed by atoms with Crippen LogP contribution in [0.2, 0.25) is 0 Å². The third-order valence-corrected chi connectivity index (χ3v) is 2.89. The number of anilines is 1. The van der Waals surface area contributed by atoms with Gasteiger partial charge in [0.1, 0.15) is 5.69 Å². The highest BCUT2D eigenvalue weighted by molar-refractivity contribution is 6.01. The number of carbonyl (C=O) groups excluding carboxylic acids is 1. The highest BCUT2D eigenvalue weighted by Gasteiger charge is 2.17. The van der Waals surface area contributed by atoms with Gasteiger partial charge in [0.25, 0.3) is 0 Å². The van der Waals surface area contributed by atoms with E-state index in [1.165, 1.54) is 18.6 Å². The molecule has 1 aromatic carbocycles. The molecule has 3 aromatic rings. The van der Waals surface area contributed by atoms with Crippen LogP contribution in [-0.2, 0) is 0 Å². The molecule has 22 heavy (non-hydrogen) atoms. The second-order valence-corrected chi connectivity index (χ2v) is 4.84. The first-order valence-corrected chi connectivity index (χ1v) is 6.61. The fraction of sp³-hybridized carbons (Fsp3) is 0.133. The van der Waals surface area contributed by atoms with E-state index in [9.17, 15) is 4.79 Å². The Morgan fingerprint density at radius 1 is 1.14 bits per heavy atom. The molecule has 3 rings (SSSR count). The lowest BCUT2D eigenvalue weighted by atomic mass is 10.1. The van der Waals surface area contributed by atoms with Gasteiger partial charge in [-0.25, -0.2) is 4.98 Å². The molecule has 7 nitrogen and oxygen atoms in total. The minimum absolute atomic E-state index is 0.125. The standard InChI is InChI=1S/C15H13N5O2/c1-9-5-10(2)7-11(6-9)18-14(21)15-19-13(20-22-15)12-8-16-3-4-17-12/h3-8H,1-2H3,(H,18,21). The molecule has 0 atom stereocenters. The largest absolute Gasteiger partial charge is 0.328 e. The van der Waals surface area contributed by atoms with Crippen LogP contribution in [0.4, 0.5) is 5.69 Å². The average molecular weight is 295 g/mol. The van der Waals surface area contributed by atoms with Gasteiger partial charge in [0.2, 0.25) is 5.82 Å². The van der Waals surface area contributed by atoms with Gasteiger partial charge in [-0.1, -0.05) is 11.2 Å². The molecule has 2 heterocycles. The smallest absolute Gasteiger partial charge is 0.316 e. The Morgan fingerprint density at radius 2 is 1.91 bits per heavy atom. The zero-order chi connectivity index (χ0) is 15.5. The molecule has 0 radical (unpaired) electrons. The predicted octanol–water partition coefficient (Wildman–Crippen LogP) is 2.40. The van der Waals surface area contributed by atoms with E-state index in [4.69, 9.17) is 4.52 Å². The predicted molar refractivity (Wildman–Crippen MR) is 79.2 cm³/mol. The number of benzene rings is 1. The molecule has 110 valence electrons. The molecular formula is C15H13N5O2. The third kappa shape index (κ3) is 2.98. The van der Waals surface area contributed by atoms with E-state index in [-0.39, 0.29) is 11.7 Å². The monoisotopic (exact) mass is 295 g/mol. The highest BCUT2D eigenvalue weighted by Crippen LogP contribution is 2.16. The Morgan fingerprint density at radius 3 is 2.59 bits per heavy atom. The zero-order valence-electron chi connectivity index (χ0n) is 12.1. The summed E-state index contributed by atoms with van der Waals surface area (Å²) in [6.07, 6.45) is 4.55. The number of nitrogens with zero attached hydrogens (tertiary/aromatic N) is 4. The molecule has 1 N–H and O–H groups in total. The summed E-state index contributed by atoms with van der Waals surface area (Å²) in [6, 6.07) is 5.75. The fourth-order valence-electron chi connectivity index (χ4n) is 2.07. The van der Waals surface area contributed by atoms with Crippen LogP contribution >= 0.6 is 0 Å². The van der Waals surface area contributed by atoms with Gasteiger partial charge >= 0.3 is 11.8 Å². The lowest BCUT2D eigenvalue weighted by molar-refractivity contribution is 0.0981. The maximum Gasteiger partial charge on any atom is 0.316 e. The maximum atomic E-state index is 12.1. The van der Waals surface area contributed by atoms with Crippen molar-refractivity contribution in [3.8, 4) is 11.5 Å². The van der Waals surface area contributed by atoms with Crippen LogP contribution in [0.5, 0.6) is 0 Å². The van der Waals surface area contributed by atoms with Gasteiger partial charge < -0.3 is 9.84 Å². The first-order valence-electron chi connectivity index (χ1n) is 6.61. The minimum atomic E-state index is -0.465. The topological polar surface area (TPSA) is 93.8 Å². The molecular weight excluding hydrogens is 282 g/mol. The van der Waals surface area contributed by atoms with E-state index in [1.807, 2.05) is 32.0 Å². The van der Waals surface area contributed by atoms with Crippen molar-refractivity contribution in [1.82, 2.24) is 20.1 Å². The van der Waals surface area contributed by atoms with Gasteiger partial charge in [-0.05, 0) is 37.1 Å². The molecule has 2 aromatic heterocycles. The van der Waals surface area contributed by atoms with Gasteiger partial charge in [-0.15, -0.1) is 0 Å². The van der Waals surface area contributed by atoms with Crippen LogP contribution < -0.4 is 5.32 Å². The molecule has 0 saturated carbocycles. The summed E-state index contributed by atoms with van der Waals surface area (Å²) in [5, 5.41) is 6.47. The lowest BCUT2D eigenvalue weighted by Gasteiger charge is -2.04. The van der Waals surface area contributed by atoms with Crippen LogP contribution in [-0.4, -0.2) is 26.0 Å². The number of aromatic nitrogens is 4. The van der Waals surface area contributed by atoms with Crippen molar-refractivity contribution in [3.05, 3.63) is 53.8 Å². The van der Waals surface area contributed by atoms with Crippen LogP contribution in [0.25, 0.3) is 11.5 Å². The Hall–Kier alpha value is -3.09. The zero-order valence-corrected chi connectivity index (χ0v) is 12.1. The molecule has 7 heteroatoms. The second-order valence-electron chi connectivity index (χ2n) is 4.84. The van der Waals surface area contributed by atoms with Crippen molar-refractivity contribution in [2.75, 3.05) is 5.32 Å². The Kier molecular flexibility index (Phi) is 3.61. The Labute approximate surface area is 126 Å². The summed E-state index contributed by atoms with van der Waals surface area (Å²) in [5.74, 6) is -0.369. The van der Waals surface area contributed by atoms with Crippen molar-refractivity contribution >= 4 is 11.6 Å². The first kappa shape index (κ1) is 13.9. The van der Waals surface area contributed by atoms with Crippen LogP contribution in [0.3, 0.4) is 0 Å². The number of aryl methyl sites for hydroxylation is 2. The van der Waals surface area contributed by atoms with E-state index in [0.29, 0.717) is 11.4 Å². The van der Waals surface area contributed by atoms with Crippen molar-refractivity contribution in [1.29, 1.82) is 0 Å². The van der Waals surface area contributed by atoms with Gasteiger partial charge in [-0.2, -0.15) is 4.98 Å². The van der Waals surface area contributed by atoms with Crippen LogP contribution in [0.1, 0.15) is 21.8 Å². The summed E-state index contributed by atoms with van der Waals surface area (Å²) in [5.41, 5.74) is 3.24. The molecule has 0 spiro atoms. The van der Waals surface area contributed by atoms with Crippen LogP contribution in [0.15, 0.2) is 41.3 Å². The summed E-state index contributed by atoms with van der Waals surface area (Å²) in [7, 11) is 0. The molecule has 1 amide bonds. The van der Waals surface area contributed by atoms with Crippen molar-refractivity contribution in [2.24, 2.45) is 0 Å². The van der Waals surface area contributed by atoms with Gasteiger partial charge in [0.05, 0.1) is 6.20 Å². The Bertz CT molecular complexity index is 794. The average Bonchev–Trinajstić information content (AvgIpc) is 2.97. The van der Waals surface area contributed by atoms with E-state index >= 15 is 0 Å². The maximum absolute atomic E-state index is 12.1. The SMILES string of the molecule is Cc1cc(C)cc(NC(=O)c2nc(-c3cnccn3)no2)c1. The van der Waals surface area contributed by atoms with Crippen molar-refractivity contribution in [2.45, 2.75) is 13.8 Å². The van der Waals surface area contributed by atoms with E-state index < -0.39 is 5.91 Å². The molecule has 0 unspecified atom stereocenters. The number of hydrogen-bond donors (Lipinski definition) is 1. The van der Waals surface area contributed by atoms with Crippen molar-refractivity contribution in [3.63, 3.8) is 0 Å². The van der Waals surface area contributed by atoms with Gasteiger partial charge in [0.15, 0.2) is 0 Å². The number of nitrogens with one attached hydrogen (secondary N) is 1. The first-order chi connectivity index (χ1) is 10.6. The number of carbonyl (C=O) groups is 1. The summed E-state index contributed by atoms with van der Waals surface area (Å²) in [6.45, 7) is 3.92. The number of rotatable bonds is 3. The molecule has 0 saturated heterocycles. The quantitative estimate of drug-likeness (QED) is 0.797. The van der Waals surface area contributed by atoms with E-state index in [0.717, 1.165) is 11.1 Å². The lowest BCUT2D eigenvalue weighted by Crippen LogP contribution is -2.12. The Balaban J connectivity index is 1.80. The molecule has 0 aliphatic heterocycles. The number of hydrogen-bond acceptors (Lipinski definition) is 6. The van der Waals surface area contributed by atoms with Gasteiger partial charge in [0, 0.05) is 18.1 Å². The molecule has 0 aliphatic rings. The summed E-state index contributed by atoms with van der Waals surface area (Å²) >= 11 is 0. The van der Waals surface area contributed by atoms with Gasteiger partial charge in [-0.3, -0.25) is 9.78 Å². The third-order valence-electron chi connectivity index (χ3n) is 2.89. The second kappa shape index (κ2) is 5.72. The van der Waals surface area contributed by atoms with E-state index in [2.05, 4.69) is 25.4 Å². The minimum Gasteiger partial charge on any atom is -0.328 e. The van der Waals surface area contributed by atoms with Crippen molar-refractivity contribution < 1.29 is 9.32 Å². The molecule has 0 fully saturated rings. The normalized spacial score (nSPS) is 10.5. The number of amides is 1.